The fourth-order valence-corrected chi connectivity index (χ4v) is 2.95. The van der Waals surface area contributed by atoms with Gasteiger partial charge < -0.3 is 4.90 Å². The second-order valence-electron chi connectivity index (χ2n) is 5.28. The minimum absolute atomic E-state index is 0.646. The summed E-state index contributed by atoms with van der Waals surface area (Å²) in [6.45, 7) is 10.3. The van der Waals surface area contributed by atoms with Crippen molar-refractivity contribution in [3.63, 3.8) is 0 Å². The molecule has 1 rings (SSSR count). The maximum atomic E-state index is 3.61. The highest BCUT2D eigenvalue weighted by Crippen LogP contribution is 2.27. The molecule has 0 aromatic heterocycles. The van der Waals surface area contributed by atoms with Crippen LogP contribution in [0.4, 0.5) is 5.69 Å². The molecule has 0 saturated carbocycles. The number of para-hydroxylation sites is 1. The maximum Gasteiger partial charge on any atom is 0.0409 e. The van der Waals surface area contributed by atoms with Crippen molar-refractivity contribution < 1.29 is 0 Å². The Morgan fingerprint density at radius 3 is 2.22 bits per heavy atom. The molecule has 0 aliphatic heterocycles. The van der Waals surface area contributed by atoms with E-state index in [-0.39, 0.29) is 0 Å². The van der Waals surface area contributed by atoms with Gasteiger partial charge in [0, 0.05) is 23.6 Å². The summed E-state index contributed by atoms with van der Waals surface area (Å²) in [5.41, 5.74) is 2.79. The van der Waals surface area contributed by atoms with Crippen LogP contribution >= 0.6 is 15.9 Å². The molecule has 0 fully saturated rings. The highest BCUT2D eigenvalue weighted by Gasteiger charge is 2.18. The summed E-state index contributed by atoms with van der Waals surface area (Å²) in [6.07, 6.45) is 2.42. The van der Waals surface area contributed by atoms with E-state index >= 15 is 0 Å². The van der Waals surface area contributed by atoms with E-state index in [0.717, 1.165) is 11.9 Å². The van der Waals surface area contributed by atoms with Crippen LogP contribution in [0.25, 0.3) is 0 Å². The fraction of sp³-hybridized carbons (Fsp3) is 0.625. The molecule has 0 bridgehead atoms. The largest absolute Gasteiger partial charge is 0.368 e. The van der Waals surface area contributed by atoms with Crippen LogP contribution in [0.1, 0.15) is 46.1 Å². The summed E-state index contributed by atoms with van der Waals surface area (Å²) in [7, 11) is 0. The van der Waals surface area contributed by atoms with Gasteiger partial charge in [0.1, 0.15) is 0 Å². The third-order valence-electron chi connectivity index (χ3n) is 3.39. The van der Waals surface area contributed by atoms with Crippen molar-refractivity contribution in [2.24, 2.45) is 5.92 Å². The Morgan fingerprint density at radius 2 is 1.72 bits per heavy atom. The van der Waals surface area contributed by atoms with E-state index in [0.29, 0.717) is 12.0 Å². The second-order valence-corrected chi connectivity index (χ2v) is 5.84. The van der Waals surface area contributed by atoms with Gasteiger partial charge in [-0.25, -0.2) is 0 Å². The summed E-state index contributed by atoms with van der Waals surface area (Å²) in [4.78, 5) is 2.60. The third kappa shape index (κ3) is 4.01. The molecule has 0 amide bonds. The van der Waals surface area contributed by atoms with E-state index in [4.69, 9.17) is 0 Å². The molecule has 0 spiro atoms. The first-order valence-corrected chi connectivity index (χ1v) is 8.16. The first-order chi connectivity index (χ1) is 8.63. The maximum absolute atomic E-state index is 3.61. The number of anilines is 1. The lowest BCUT2D eigenvalue weighted by atomic mass is 10.0. The Hall–Kier alpha value is -0.500. The van der Waals surface area contributed by atoms with Crippen LogP contribution in [0.5, 0.6) is 0 Å². The average molecular weight is 312 g/mol. The number of hydrogen-bond acceptors (Lipinski definition) is 1. The Kier molecular flexibility index (Phi) is 6.77. The number of alkyl halides is 1. The molecule has 102 valence electrons. The van der Waals surface area contributed by atoms with Crippen molar-refractivity contribution in [2.45, 2.75) is 51.9 Å². The molecule has 2 heteroatoms. The Balaban J connectivity index is 3.07. The van der Waals surface area contributed by atoms with Gasteiger partial charge in [-0.3, -0.25) is 0 Å². The monoisotopic (exact) mass is 311 g/mol. The Bertz CT molecular complexity index is 345. The molecule has 0 N–H and O–H groups in total. The van der Waals surface area contributed by atoms with E-state index in [1.54, 1.807) is 0 Å². The van der Waals surface area contributed by atoms with Crippen molar-refractivity contribution in [3.8, 4) is 0 Å². The topological polar surface area (TPSA) is 3.24 Å². The van der Waals surface area contributed by atoms with Crippen LogP contribution < -0.4 is 4.90 Å². The van der Waals surface area contributed by atoms with Gasteiger partial charge in [-0.1, -0.05) is 61.8 Å². The van der Waals surface area contributed by atoms with Crippen molar-refractivity contribution in [3.05, 3.63) is 29.8 Å². The summed E-state index contributed by atoms with van der Waals surface area (Å²) in [5, 5.41) is 0.928. The van der Waals surface area contributed by atoms with Gasteiger partial charge in [-0.15, -0.1) is 0 Å². The van der Waals surface area contributed by atoms with Crippen LogP contribution in [0, 0.1) is 5.92 Å². The normalized spacial score (nSPS) is 11.3. The molecule has 0 saturated heterocycles. The highest BCUT2D eigenvalue weighted by atomic mass is 79.9. The zero-order valence-corrected chi connectivity index (χ0v) is 13.7. The smallest absolute Gasteiger partial charge is 0.0409 e. The molecule has 0 aliphatic carbocycles. The number of rotatable bonds is 7. The molecular formula is C16H26BrN. The number of hydrogen-bond donors (Lipinski definition) is 0. The van der Waals surface area contributed by atoms with Gasteiger partial charge in [-0.05, 0) is 30.4 Å². The predicted octanol–water partition coefficient (Wildman–Crippen LogP) is 5.23. The first-order valence-electron chi connectivity index (χ1n) is 7.04. The van der Waals surface area contributed by atoms with Crippen LogP contribution in [-0.2, 0) is 5.33 Å². The minimum Gasteiger partial charge on any atom is -0.368 e. The third-order valence-corrected chi connectivity index (χ3v) is 3.99. The number of nitrogens with zero attached hydrogens (tertiary/aromatic N) is 1. The van der Waals surface area contributed by atoms with Gasteiger partial charge in [0.05, 0.1) is 0 Å². The predicted molar refractivity (Wildman–Crippen MR) is 85.6 cm³/mol. The summed E-state index contributed by atoms with van der Waals surface area (Å²) >= 11 is 3.61. The van der Waals surface area contributed by atoms with Crippen LogP contribution in [0.3, 0.4) is 0 Å². The van der Waals surface area contributed by atoms with Crippen molar-refractivity contribution >= 4 is 21.6 Å². The number of benzene rings is 1. The van der Waals surface area contributed by atoms with Gasteiger partial charge in [-0.2, -0.15) is 0 Å². The van der Waals surface area contributed by atoms with Crippen molar-refractivity contribution in [1.82, 2.24) is 0 Å². The van der Waals surface area contributed by atoms with E-state index in [9.17, 15) is 0 Å². The van der Waals surface area contributed by atoms with E-state index < -0.39 is 0 Å². The molecule has 0 unspecified atom stereocenters. The standard InChI is InChI=1S/C16H26BrN/c1-5-15(6-2)18(12-13(3)4)16-10-8-7-9-14(16)11-17/h7-10,13,15H,5-6,11-12H2,1-4H3. The van der Waals surface area contributed by atoms with E-state index in [1.807, 2.05) is 0 Å². The van der Waals surface area contributed by atoms with Crippen molar-refractivity contribution in [2.75, 3.05) is 11.4 Å². The lowest BCUT2D eigenvalue weighted by Crippen LogP contribution is -2.37. The van der Waals surface area contributed by atoms with Gasteiger partial charge >= 0.3 is 0 Å². The number of halogens is 1. The van der Waals surface area contributed by atoms with Crippen LogP contribution in [0.15, 0.2) is 24.3 Å². The molecule has 0 radical (unpaired) electrons. The van der Waals surface area contributed by atoms with E-state index in [1.165, 1.54) is 24.1 Å². The van der Waals surface area contributed by atoms with Crippen molar-refractivity contribution in [1.29, 1.82) is 0 Å². The molecule has 1 aromatic rings. The first kappa shape index (κ1) is 15.6. The summed E-state index contributed by atoms with van der Waals surface area (Å²) < 4.78 is 0. The molecule has 0 heterocycles. The second kappa shape index (κ2) is 7.83. The zero-order valence-electron chi connectivity index (χ0n) is 12.1. The Labute approximate surface area is 121 Å². The van der Waals surface area contributed by atoms with E-state index in [2.05, 4.69) is 72.8 Å². The fourth-order valence-electron chi connectivity index (χ4n) is 2.47. The highest BCUT2D eigenvalue weighted by molar-refractivity contribution is 9.08. The zero-order chi connectivity index (χ0) is 13.5. The molecule has 18 heavy (non-hydrogen) atoms. The Morgan fingerprint density at radius 1 is 1.11 bits per heavy atom. The molecular weight excluding hydrogens is 286 g/mol. The van der Waals surface area contributed by atoms with Crippen LogP contribution in [0.2, 0.25) is 0 Å². The SMILES string of the molecule is CCC(CC)N(CC(C)C)c1ccccc1CBr. The van der Waals surface area contributed by atoms with Gasteiger partial charge in [0.2, 0.25) is 0 Å². The molecule has 0 atom stereocenters. The molecule has 1 nitrogen and oxygen atoms in total. The quantitative estimate of drug-likeness (QED) is 0.623. The van der Waals surface area contributed by atoms with Crippen LogP contribution in [-0.4, -0.2) is 12.6 Å². The van der Waals surface area contributed by atoms with Gasteiger partial charge in [0.25, 0.3) is 0 Å². The summed E-state index contributed by atoms with van der Waals surface area (Å²) in [6, 6.07) is 9.40. The van der Waals surface area contributed by atoms with Gasteiger partial charge in [0.15, 0.2) is 0 Å². The lowest BCUT2D eigenvalue weighted by Gasteiger charge is -2.35. The molecule has 0 aliphatic rings. The average Bonchev–Trinajstić information content (AvgIpc) is 2.38. The minimum atomic E-state index is 0.646. The molecule has 1 aromatic carbocycles. The lowest BCUT2D eigenvalue weighted by molar-refractivity contribution is 0.507. The summed E-state index contributed by atoms with van der Waals surface area (Å²) in [5.74, 6) is 0.689.